The van der Waals surface area contributed by atoms with Crippen molar-refractivity contribution in [3.63, 3.8) is 0 Å². The molecule has 34 heteroatoms. The molecule has 119 heavy (non-hydrogen) atoms. The number of thioether (sulfide) groups is 1. The molecular formula is C85H94N14O17P2S. The number of H-pyrrole nitrogens is 2. The third-order valence-corrected chi connectivity index (χ3v) is 24.3. The number of carbonyl (C=O) groups excluding carboxylic acids is 4. The molecule has 0 spiro atoms. The minimum absolute atomic E-state index is 0.0387. The van der Waals surface area contributed by atoms with Crippen LogP contribution in [0.25, 0.3) is 33.3 Å². The number of hydrogen-bond donors (Lipinski definition) is 5. The van der Waals surface area contributed by atoms with E-state index in [-0.39, 0.29) is 137 Å². The molecule has 31 nitrogen and oxygen atoms in total. The molecule has 2 aliphatic heterocycles. The molecule has 13 rings (SSSR count). The van der Waals surface area contributed by atoms with Gasteiger partial charge in [-0.3, -0.25) is 34.6 Å². The van der Waals surface area contributed by atoms with Gasteiger partial charge in [-0.2, -0.15) is 22.3 Å². The number of imidazole rings is 1. The maximum atomic E-state index is 14.1. The number of anilines is 3. The van der Waals surface area contributed by atoms with Gasteiger partial charge in [0.1, 0.15) is 66.1 Å². The third-order valence-electron chi connectivity index (χ3n) is 20.4. The summed E-state index contributed by atoms with van der Waals surface area (Å²) in [5.41, 5.74) is 6.71. The third kappa shape index (κ3) is 20.6. The number of aromatic nitrogens is 7. The van der Waals surface area contributed by atoms with Crippen LogP contribution in [0.3, 0.4) is 0 Å². The molecule has 2 saturated heterocycles. The first-order valence-corrected chi connectivity index (χ1v) is 42.6. The van der Waals surface area contributed by atoms with E-state index in [0.717, 1.165) is 38.9 Å². The summed E-state index contributed by atoms with van der Waals surface area (Å²) < 4.78 is 82.0. The van der Waals surface area contributed by atoms with Crippen molar-refractivity contribution in [2.45, 2.75) is 127 Å². The number of ether oxygens (including phenoxy) is 7. The zero-order valence-corrected chi connectivity index (χ0v) is 69.6. The molecule has 4 unspecified atom stereocenters. The Kier molecular flexibility index (Phi) is 29.5. The fourth-order valence-corrected chi connectivity index (χ4v) is 17.9. The van der Waals surface area contributed by atoms with Gasteiger partial charge < -0.3 is 71.0 Å². The molecule has 0 radical (unpaired) electrons. The number of nitrogens with zero attached hydrogens (tertiary/aromatic N) is 9. The standard InChI is InChI=1S/C85H94N14O17P2S/c1-53(2)99(54(3)4)117(110-41-17-38-86)115-70-46-74(98-52-91-77-78(89-51-90-79(77)98)95-80(101)55-26-32-59(33-27-55)92-83(103)107-43-44-119-8)114-72(70)50-112-118(111-42-18-39-87)116-69-45-68(113-71(69)49-109-85(56-19-10-9-11-20-56,57-28-34-60(105-6)35-29-57)58-30-36-61(106-7)37-31-58)66-47-88-76-75(66)94-82(96-81(76)102)93-73(100)25-16-40-97(5)84(104)108-48-67-64-23-14-12-21-62(64)63-22-13-15-24-65(63)67/h9-15,19-24,26-37,47,51-54,67-72,74,88H,16-18,25,40-46,48-50H2,1-8H3,(H,92,103)(H,89,90,95,101)(H2,93,94,96,100,102)/t68-,69?,70?,71-,72-,74-,117?,118?/m1/s1. The quantitative estimate of drug-likeness (QED) is 0.0136. The summed E-state index contributed by atoms with van der Waals surface area (Å²) in [6, 6.07) is 51.5. The lowest BCUT2D eigenvalue weighted by Crippen LogP contribution is -2.38. The van der Waals surface area contributed by atoms with Crippen molar-refractivity contribution >= 4 is 92.5 Å². The van der Waals surface area contributed by atoms with E-state index in [4.69, 9.17) is 65.7 Å². The summed E-state index contributed by atoms with van der Waals surface area (Å²) in [5, 5.41) is 28.0. The van der Waals surface area contributed by atoms with Crippen molar-refractivity contribution in [3.05, 3.63) is 220 Å². The van der Waals surface area contributed by atoms with Crippen LogP contribution < -0.4 is 31.0 Å². The highest BCUT2D eigenvalue weighted by Crippen LogP contribution is 2.54. The topological polar surface area (TPSA) is 374 Å². The minimum atomic E-state index is -2.47. The van der Waals surface area contributed by atoms with Gasteiger partial charge in [-0.1, -0.05) is 103 Å². The Bertz CT molecular complexity index is 5170. The Morgan fingerprint density at radius 2 is 1.33 bits per heavy atom. The zero-order valence-electron chi connectivity index (χ0n) is 67.0. The highest BCUT2D eigenvalue weighted by atomic mass is 32.2. The van der Waals surface area contributed by atoms with E-state index < -0.39 is 89.0 Å². The van der Waals surface area contributed by atoms with Crippen molar-refractivity contribution < 1.29 is 75.0 Å². The van der Waals surface area contributed by atoms with Crippen LogP contribution in [0.2, 0.25) is 0 Å². The largest absolute Gasteiger partial charge is 0.497 e. The molecule has 0 saturated carbocycles. The molecule has 0 bridgehead atoms. The van der Waals surface area contributed by atoms with Gasteiger partial charge in [0.05, 0.1) is 90.3 Å². The molecule has 8 atom stereocenters. The normalized spacial score (nSPS) is 17.5. The van der Waals surface area contributed by atoms with Crippen LogP contribution in [0.15, 0.2) is 175 Å². The number of nitriles is 2. The molecule has 1 aliphatic carbocycles. The fourth-order valence-electron chi connectivity index (χ4n) is 14.7. The van der Waals surface area contributed by atoms with Gasteiger partial charge in [-0.05, 0) is 128 Å². The van der Waals surface area contributed by atoms with E-state index in [9.17, 15) is 34.5 Å². The lowest BCUT2D eigenvalue weighted by molar-refractivity contribution is -0.116. The second-order valence-electron chi connectivity index (χ2n) is 28.8. The van der Waals surface area contributed by atoms with Gasteiger partial charge in [0, 0.05) is 79.6 Å². The van der Waals surface area contributed by atoms with Gasteiger partial charge in [-0.15, -0.1) is 0 Å². The number of fused-ring (bicyclic) bond motifs is 5. The summed E-state index contributed by atoms with van der Waals surface area (Å²) in [6.45, 7) is 8.25. The van der Waals surface area contributed by atoms with Crippen LogP contribution in [0.4, 0.5) is 27.0 Å². The molecule has 4 aromatic heterocycles. The van der Waals surface area contributed by atoms with Crippen molar-refractivity contribution in [2.75, 3.05) is 95.4 Å². The van der Waals surface area contributed by atoms with Gasteiger partial charge >= 0.3 is 20.8 Å². The number of rotatable bonds is 39. The van der Waals surface area contributed by atoms with E-state index in [1.54, 1.807) is 68.1 Å². The van der Waals surface area contributed by atoms with Gasteiger partial charge in [0.2, 0.25) is 11.9 Å². The maximum Gasteiger partial charge on any atom is 0.411 e. The van der Waals surface area contributed by atoms with Gasteiger partial charge in [-0.25, -0.2) is 34.2 Å². The Morgan fingerprint density at radius 1 is 0.689 bits per heavy atom. The van der Waals surface area contributed by atoms with Crippen LogP contribution in [-0.4, -0.2) is 184 Å². The predicted molar refractivity (Wildman–Crippen MR) is 448 cm³/mol. The number of carbonyl (C=O) groups is 4. The smallest absolute Gasteiger partial charge is 0.411 e. The first-order chi connectivity index (χ1) is 57.9. The van der Waals surface area contributed by atoms with Crippen LogP contribution in [0.1, 0.15) is 128 Å². The van der Waals surface area contributed by atoms with Crippen molar-refractivity contribution in [2.24, 2.45) is 0 Å². The molecule has 6 heterocycles. The van der Waals surface area contributed by atoms with Crippen LogP contribution in [0.5, 0.6) is 11.5 Å². The van der Waals surface area contributed by atoms with Crippen molar-refractivity contribution in [1.82, 2.24) is 44.0 Å². The number of amides is 4. The molecule has 5 N–H and O–H groups in total. The monoisotopic (exact) mass is 1680 g/mol. The minimum Gasteiger partial charge on any atom is -0.497 e. The highest BCUT2D eigenvalue weighted by Gasteiger charge is 2.47. The molecular weight excluding hydrogens is 1580 g/mol. The van der Waals surface area contributed by atoms with Crippen LogP contribution in [0, 0.1) is 22.7 Å². The SMILES string of the molecule is COc1ccc(C(OC[C@H]2O[C@@H](c3c[nH]c4c(=O)[nH]c(NC(=O)CCCN(C)C(=O)OCC5c6ccccc6-c6ccccc65)nc34)CC2OP(OCCC#N)OC[C@H]2O[C@@H](n3cnc4c(NC(=O)c5ccc(NC(=O)OCCSC)cc5)ncnc43)CC2OP(OCCC#N)N(C(C)C)C(C)C)(c2ccccc2)c2ccc(OC)cc2)cc1. The van der Waals surface area contributed by atoms with E-state index in [0.29, 0.717) is 34.1 Å². The molecule has 6 aromatic carbocycles. The first kappa shape index (κ1) is 86.1. The number of benzene rings is 6. The summed E-state index contributed by atoms with van der Waals surface area (Å²) in [5.74, 6) is 0.756. The number of aromatic amines is 2. The number of methoxy groups -OCH3 is 2. The fraction of sp³-hybridized carbons (Fsp3) is 0.376. The maximum absolute atomic E-state index is 14.1. The second-order valence-corrected chi connectivity index (χ2v) is 32.3. The summed E-state index contributed by atoms with van der Waals surface area (Å²) in [7, 11) is 0.454. The van der Waals surface area contributed by atoms with Crippen molar-refractivity contribution in [3.8, 4) is 34.8 Å². The zero-order chi connectivity index (χ0) is 83.5. The second kappa shape index (κ2) is 40.8. The van der Waals surface area contributed by atoms with E-state index in [1.165, 1.54) is 17.6 Å². The number of nitrogens with one attached hydrogen (secondary N) is 5. The lowest BCUT2D eigenvalue weighted by atomic mass is 9.80. The van der Waals surface area contributed by atoms with E-state index >= 15 is 0 Å². The Morgan fingerprint density at radius 3 is 1.98 bits per heavy atom. The molecule has 2 fully saturated rings. The summed E-state index contributed by atoms with van der Waals surface area (Å²) in [4.78, 5) is 93.4. The van der Waals surface area contributed by atoms with Gasteiger partial charge in [0.15, 0.2) is 17.0 Å². The summed E-state index contributed by atoms with van der Waals surface area (Å²) in [6.07, 6.45) is 0.390. The first-order valence-electron chi connectivity index (χ1n) is 39.0. The molecule has 3 aliphatic rings. The molecule has 4 amide bonds. The molecule has 622 valence electrons. The average molecular weight is 1680 g/mol. The van der Waals surface area contributed by atoms with Crippen LogP contribution >= 0.6 is 28.9 Å². The Balaban J connectivity index is 0.776. The van der Waals surface area contributed by atoms with E-state index in [2.05, 4.69) is 77.0 Å². The number of hydrogen-bond acceptors (Lipinski definition) is 25. The van der Waals surface area contributed by atoms with Crippen LogP contribution in [-0.2, 0) is 56.7 Å². The predicted octanol–water partition coefficient (Wildman–Crippen LogP) is 15.2. The highest BCUT2D eigenvalue weighted by molar-refractivity contribution is 7.98. The average Bonchev–Trinajstić information content (AvgIpc) is 1.49. The van der Waals surface area contributed by atoms with Crippen molar-refractivity contribution in [1.29, 1.82) is 10.5 Å². The Labute approximate surface area is 695 Å². The molecule has 10 aromatic rings. The Hall–Kier alpha value is -10.8. The lowest BCUT2D eigenvalue weighted by Gasteiger charge is -2.37. The van der Waals surface area contributed by atoms with Gasteiger partial charge in [0.25, 0.3) is 20.0 Å². The summed E-state index contributed by atoms with van der Waals surface area (Å²) >= 11 is 1.55. The van der Waals surface area contributed by atoms with E-state index in [1.807, 2.05) is 137 Å².